The minimum atomic E-state index is -0.289. The highest BCUT2D eigenvalue weighted by molar-refractivity contribution is 5.79. The molecule has 29 heavy (non-hydrogen) atoms. The van der Waals surface area contributed by atoms with Crippen LogP contribution in [0.25, 0.3) is 0 Å². The van der Waals surface area contributed by atoms with E-state index in [4.69, 9.17) is 9.26 Å². The van der Waals surface area contributed by atoms with E-state index in [1.807, 2.05) is 4.90 Å². The van der Waals surface area contributed by atoms with Crippen LogP contribution >= 0.6 is 0 Å². The lowest BCUT2D eigenvalue weighted by Crippen LogP contribution is -2.34. The van der Waals surface area contributed by atoms with E-state index in [1.54, 1.807) is 12.1 Å². The van der Waals surface area contributed by atoms with Gasteiger partial charge < -0.3 is 14.2 Å². The van der Waals surface area contributed by atoms with Gasteiger partial charge in [0.2, 0.25) is 11.8 Å². The molecule has 4 rings (SSSR count). The molecule has 1 atom stereocenters. The maximum atomic E-state index is 12.9. The van der Waals surface area contributed by atoms with Gasteiger partial charge in [-0.2, -0.15) is 4.98 Å². The van der Waals surface area contributed by atoms with Crippen molar-refractivity contribution in [3.05, 3.63) is 41.8 Å². The van der Waals surface area contributed by atoms with E-state index in [0.717, 1.165) is 25.8 Å². The molecular formula is C22H28FN3O3. The largest absolute Gasteiger partial charge is 0.493 e. The molecule has 1 saturated carbocycles. The summed E-state index contributed by atoms with van der Waals surface area (Å²) in [5.74, 6) is 2.14. The highest BCUT2D eigenvalue weighted by Gasteiger charge is 2.34. The van der Waals surface area contributed by atoms with Crippen LogP contribution in [0.15, 0.2) is 28.8 Å². The Morgan fingerprint density at radius 3 is 2.66 bits per heavy atom. The number of nitrogens with zero attached hydrogens (tertiary/aromatic N) is 3. The molecule has 1 aromatic carbocycles. The van der Waals surface area contributed by atoms with Gasteiger partial charge in [0, 0.05) is 25.4 Å². The first-order chi connectivity index (χ1) is 14.2. The van der Waals surface area contributed by atoms with Crippen molar-refractivity contribution in [2.24, 2.45) is 5.92 Å². The quantitative estimate of drug-likeness (QED) is 0.681. The van der Waals surface area contributed by atoms with Crippen LogP contribution in [0.5, 0.6) is 5.75 Å². The standard InChI is InChI=1S/C22H28FN3O3/c23-18-7-9-19(10-8-18)28-14-12-20-24-21(29-25-20)17-11-13-26(15-17)22(27)16-5-3-1-2-4-6-16/h7-10,16-17H,1-6,11-15H2. The van der Waals surface area contributed by atoms with Gasteiger partial charge in [-0.3, -0.25) is 4.79 Å². The Balaban J connectivity index is 1.26. The summed E-state index contributed by atoms with van der Waals surface area (Å²) in [6.45, 7) is 1.83. The molecule has 0 spiro atoms. The van der Waals surface area contributed by atoms with Crippen LogP contribution in [0.4, 0.5) is 4.39 Å². The van der Waals surface area contributed by atoms with Gasteiger partial charge in [-0.1, -0.05) is 30.8 Å². The van der Waals surface area contributed by atoms with Crippen LogP contribution < -0.4 is 4.74 Å². The van der Waals surface area contributed by atoms with Gasteiger partial charge in [-0.05, 0) is 43.5 Å². The van der Waals surface area contributed by atoms with Crippen molar-refractivity contribution in [2.45, 2.75) is 57.3 Å². The van der Waals surface area contributed by atoms with Crippen molar-refractivity contribution >= 4 is 5.91 Å². The van der Waals surface area contributed by atoms with E-state index in [1.165, 1.54) is 37.8 Å². The normalized spacial score (nSPS) is 20.6. The highest BCUT2D eigenvalue weighted by Crippen LogP contribution is 2.30. The van der Waals surface area contributed by atoms with Gasteiger partial charge in [-0.25, -0.2) is 4.39 Å². The Morgan fingerprint density at radius 2 is 1.90 bits per heavy atom. The number of aromatic nitrogens is 2. The molecule has 0 radical (unpaired) electrons. The number of hydrogen-bond acceptors (Lipinski definition) is 5. The molecule has 1 aliphatic heterocycles. The maximum Gasteiger partial charge on any atom is 0.231 e. The summed E-state index contributed by atoms with van der Waals surface area (Å²) in [6.07, 6.45) is 8.27. The van der Waals surface area contributed by atoms with Gasteiger partial charge in [0.25, 0.3) is 0 Å². The molecule has 2 heterocycles. The van der Waals surface area contributed by atoms with E-state index in [9.17, 15) is 9.18 Å². The second-order valence-electron chi connectivity index (χ2n) is 8.06. The summed E-state index contributed by atoms with van der Waals surface area (Å²) >= 11 is 0. The molecule has 1 saturated heterocycles. The van der Waals surface area contributed by atoms with Gasteiger partial charge in [-0.15, -0.1) is 0 Å². The lowest BCUT2D eigenvalue weighted by molar-refractivity contribution is -0.134. The second-order valence-corrected chi connectivity index (χ2v) is 8.06. The van der Waals surface area contributed by atoms with Crippen molar-refractivity contribution in [3.63, 3.8) is 0 Å². The van der Waals surface area contributed by atoms with Gasteiger partial charge in [0.1, 0.15) is 11.6 Å². The number of carbonyl (C=O) groups is 1. The average Bonchev–Trinajstić information content (AvgIpc) is 3.32. The summed E-state index contributed by atoms with van der Waals surface area (Å²) < 4.78 is 24.0. The molecule has 156 valence electrons. The molecular weight excluding hydrogens is 373 g/mol. The number of carbonyl (C=O) groups excluding carboxylic acids is 1. The minimum Gasteiger partial charge on any atom is -0.493 e. The van der Waals surface area contributed by atoms with Crippen LogP contribution in [0, 0.1) is 11.7 Å². The van der Waals surface area contributed by atoms with Gasteiger partial charge in [0.05, 0.1) is 12.5 Å². The summed E-state index contributed by atoms with van der Waals surface area (Å²) in [6, 6.07) is 5.92. The van der Waals surface area contributed by atoms with Crippen molar-refractivity contribution in [2.75, 3.05) is 19.7 Å². The van der Waals surface area contributed by atoms with E-state index < -0.39 is 0 Å². The van der Waals surface area contributed by atoms with Crippen molar-refractivity contribution < 1.29 is 18.4 Å². The first-order valence-corrected chi connectivity index (χ1v) is 10.7. The lowest BCUT2D eigenvalue weighted by atomic mass is 9.99. The number of benzene rings is 1. The SMILES string of the molecule is O=C(C1CCCCCC1)N1CCC(c2nc(CCOc3ccc(F)cc3)no2)C1. The summed E-state index contributed by atoms with van der Waals surface area (Å²) in [5, 5.41) is 4.05. The van der Waals surface area contributed by atoms with Gasteiger partial charge >= 0.3 is 0 Å². The molecule has 2 aliphatic rings. The fourth-order valence-electron chi connectivity index (χ4n) is 4.27. The monoisotopic (exact) mass is 401 g/mol. The maximum absolute atomic E-state index is 12.9. The molecule has 7 heteroatoms. The third kappa shape index (κ3) is 5.14. The molecule has 2 fully saturated rings. The van der Waals surface area contributed by atoms with E-state index in [-0.39, 0.29) is 17.7 Å². The lowest BCUT2D eigenvalue weighted by Gasteiger charge is -2.22. The number of hydrogen-bond donors (Lipinski definition) is 0. The zero-order chi connectivity index (χ0) is 20.1. The van der Waals surface area contributed by atoms with Crippen LogP contribution in [-0.4, -0.2) is 40.6 Å². The van der Waals surface area contributed by atoms with E-state index in [2.05, 4.69) is 10.1 Å². The van der Waals surface area contributed by atoms with Crippen LogP contribution in [0.3, 0.4) is 0 Å². The summed E-state index contributed by atoms with van der Waals surface area (Å²) in [4.78, 5) is 19.3. The fourth-order valence-corrected chi connectivity index (χ4v) is 4.27. The smallest absolute Gasteiger partial charge is 0.231 e. The molecule has 1 unspecified atom stereocenters. The zero-order valence-corrected chi connectivity index (χ0v) is 16.7. The first kappa shape index (κ1) is 19.9. The number of halogens is 1. The highest BCUT2D eigenvalue weighted by atomic mass is 19.1. The topological polar surface area (TPSA) is 68.5 Å². The predicted octanol–water partition coefficient (Wildman–Crippen LogP) is 4.12. The van der Waals surface area contributed by atoms with Crippen molar-refractivity contribution in [3.8, 4) is 5.75 Å². The molecule has 1 aromatic heterocycles. The van der Waals surface area contributed by atoms with Crippen LogP contribution in [0.2, 0.25) is 0 Å². The van der Waals surface area contributed by atoms with E-state index >= 15 is 0 Å². The zero-order valence-electron chi connectivity index (χ0n) is 16.7. The Kier molecular flexibility index (Phi) is 6.42. The fraction of sp³-hybridized carbons (Fsp3) is 0.591. The Bertz CT molecular complexity index is 800. The number of amides is 1. The molecule has 0 bridgehead atoms. The molecule has 0 N–H and O–H groups in total. The van der Waals surface area contributed by atoms with Crippen molar-refractivity contribution in [1.82, 2.24) is 15.0 Å². The molecule has 1 amide bonds. The first-order valence-electron chi connectivity index (χ1n) is 10.7. The Morgan fingerprint density at radius 1 is 1.14 bits per heavy atom. The Labute approximate surface area is 170 Å². The molecule has 6 nitrogen and oxygen atoms in total. The number of likely N-dealkylation sites (tertiary alicyclic amines) is 1. The van der Waals surface area contributed by atoms with Crippen LogP contribution in [0.1, 0.15) is 62.6 Å². The van der Waals surface area contributed by atoms with Crippen molar-refractivity contribution in [1.29, 1.82) is 0 Å². The Hall–Kier alpha value is -2.44. The van der Waals surface area contributed by atoms with E-state index in [0.29, 0.717) is 42.9 Å². The third-order valence-electron chi connectivity index (χ3n) is 5.95. The average molecular weight is 401 g/mol. The number of rotatable bonds is 6. The van der Waals surface area contributed by atoms with Gasteiger partial charge in [0.15, 0.2) is 5.82 Å². The molecule has 2 aromatic rings. The predicted molar refractivity (Wildman–Crippen MR) is 105 cm³/mol. The summed E-state index contributed by atoms with van der Waals surface area (Å²) in [5.41, 5.74) is 0. The third-order valence-corrected chi connectivity index (χ3v) is 5.95. The minimum absolute atomic E-state index is 0.115. The number of ether oxygens (including phenoxy) is 1. The van der Waals surface area contributed by atoms with Crippen LogP contribution in [-0.2, 0) is 11.2 Å². The molecule has 1 aliphatic carbocycles. The summed E-state index contributed by atoms with van der Waals surface area (Å²) in [7, 11) is 0. The second kappa shape index (κ2) is 9.37.